The van der Waals surface area contributed by atoms with Gasteiger partial charge in [-0.15, -0.1) is 0 Å². The molecule has 2 N–H and O–H groups in total. The van der Waals surface area contributed by atoms with Gasteiger partial charge in [-0.25, -0.2) is 5.43 Å². The quantitative estimate of drug-likeness (QED) is 0.557. The predicted octanol–water partition coefficient (Wildman–Crippen LogP) is 1.32. The van der Waals surface area contributed by atoms with Gasteiger partial charge in [0.2, 0.25) is 0 Å². The van der Waals surface area contributed by atoms with Gasteiger partial charge >= 0.3 is 5.69 Å². The molecule has 2 aromatic carbocycles. The minimum absolute atomic E-state index is 0.0631. The number of nitrogens with zero attached hydrogens (tertiary/aromatic N) is 2. The van der Waals surface area contributed by atoms with Gasteiger partial charge in [-0.1, -0.05) is 42.5 Å². The summed E-state index contributed by atoms with van der Waals surface area (Å²) in [7, 11) is 0. The number of hydrazone groups is 1. The van der Waals surface area contributed by atoms with E-state index in [1.54, 1.807) is 12.1 Å². The van der Waals surface area contributed by atoms with E-state index in [1.165, 1.54) is 22.6 Å². The Labute approximate surface area is 163 Å². The van der Waals surface area contributed by atoms with E-state index in [0.29, 0.717) is 0 Å². The van der Waals surface area contributed by atoms with Crippen LogP contribution in [0.5, 0.6) is 5.75 Å². The zero-order valence-corrected chi connectivity index (χ0v) is 15.5. The molecule has 28 heavy (non-hydrogen) atoms. The van der Waals surface area contributed by atoms with Crippen molar-refractivity contribution >= 4 is 17.3 Å². The maximum atomic E-state index is 11.9. The van der Waals surface area contributed by atoms with E-state index >= 15 is 0 Å². The first kappa shape index (κ1) is 19.5. The highest BCUT2D eigenvalue weighted by molar-refractivity contribution is 5.87. The summed E-state index contributed by atoms with van der Waals surface area (Å²) in [6.07, 6.45) is 1.65. The van der Waals surface area contributed by atoms with E-state index in [1.807, 2.05) is 18.2 Å². The van der Waals surface area contributed by atoms with Crippen molar-refractivity contribution in [2.45, 2.75) is 19.4 Å². The second-order valence-electron chi connectivity index (χ2n) is 6.64. The molecule has 2 aromatic rings. The summed E-state index contributed by atoms with van der Waals surface area (Å²) in [5, 5.41) is 15.1. The van der Waals surface area contributed by atoms with Crippen molar-refractivity contribution in [2.24, 2.45) is 5.10 Å². The lowest BCUT2D eigenvalue weighted by molar-refractivity contribution is -0.914. The number of benzene rings is 2. The number of piperidine rings is 1. The van der Waals surface area contributed by atoms with Crippen molar-refractivity contribution in [3.05, 3.63) is 70.3 Å². The number of likely N-dealkylation sites (tertiary alicyclic amines) is 1. The van der Waals surface area contributed by atoms with Crippen molar-refractivity contribution in [2.75, 3.05) is 19.7 Å². The van der Waals surface area contributed by atoms with Crippen LogP contribution in [-0.4, -0.2) is 36.2 Å². The standard InChI is InChI=1S/C20H22N4O4/c25-20(15-28-19-9-5-4-8-18(19)24(26)27)22-21-17-10-12-23(13-11-17)14-16-6-2-1-3-7-16/h1-9H,10-15H2,(H,22,25)/p+1. The summed E-state index contributed by atoms with van der Waals surface area (Å²) in [5.41, 5.74) is 4.58. The monoisotopic (exact) mass is 383 g/mol. The fourth-order valence-electron chi connectivity index (χ4n) is 3.11. The number of para-hydroxylation sites is 2. The van der Waals surface area contributed by atoms with Crippen LogP contribution in [0.2, 0.25) is 0 Å². The average Bonchev–Trinajstić information content (AvgIpc) is 2.72. The Bertz CT molecular complexity index is 844. The molecule has 146 valence electrons. The van der Waals surface area contributed by atoms with Gasteiger partial charge in [0, 0.05) is 30.2 Å². The minimum atomic E-state index is -0.543. The smallest absolute Gasteiger partial charge is 0.310 e. The van der Waals surface area contributed by atoms with Crippen LogP contribution in [-0.2, 0) is 11.3 Å². The van der Waals surface area contributed by atoms with Crippen molar-refractivity contribution in [1.82, 2.24) is 5.43 Å². The Morgan fingerprint density at radius 1 is 1.11 bits per heavy atom. The largest absolute Gasteiger partial charge is 0.477 e. The third-order valence-electron chi connectivity index (χ3n) is 4.59. The van der Waals surface area contributed by atoms with Crippen LogP contribution in [0.25, 0.3) is 0 Å². The van der Waals surface area contributed by atoms with Crippen LogP contribution in [0, 0.1) is 10.1 Å². The number of quaternary nitrogens is 1. The van der Waals surface area contributed by atoms with E-state index in [-0.39, 0.29) is 18.0 Å². The fourth-order valence-corrected chi connectivity index (χ4v) is 3.11. The molecule has 0 bridgehead atoms. The number of ether oxygens (including phenoxy) is 1. The van der Waals surface area contributed by atoms with E-state index < -0.39 is 10.8 Å². The number of nitrogens with one attached hydrogen (secondary N) is 2. The lowest BCUT2D eigenvalue weighted by atomic mass is 10.1. The lowest BCUT2D eigenvalue weighted by Crippen LogP contribution is -3.11. The summed E-state index contributed by atoms with van der Waals surface area (Å²) >= 11 is 0. The van der Waals surface area contributed by atoms with Gasteiger partial charge in [0.1, 0.15) is 6.54 Å². The molecular weight excluding hydrogens is 360 g/mol. The molecule has 1 saturated heterocycles. The summed E-state index contributed by atoms with van der Waals surface area (Å²) in [5.74, 6) is -0.377. The highest BCUT2D eigenvalue weighted by atomic mass is 16.6. The number of nitro groups is 1. The van der Waals surface area contributed by atoms with Crippen LogP contribution in [0.1, 0.15) is 18.4 Å². The molecule has 0 saturated carbocycles. The molecule has 3 rings (SSSR count). The Balaban J connectivity index is 1.42. The highest BCUT2D eigenvalue weighted by Gasteiger charge is 2.19. The third-order valence-corrected chi connectivity index (χ3v) is 4.59. The van der Waals surface area contributed by atoms with Gasteiger partial charge < -0.3 is 9.64 Å². The van der Waals surface area contributed by atoms with Gasteiger partial charge in [0.25, 0.3) is 5.91 Å². The molecule has 0 atom stereocenters. The molecule has 1 amide bonds. The molecule has 8 nitrogen and oxygen atoms in total. The molecule has 0 spiro atoms. The molecule has 1 aliphatic rings. The van der Waals surface area contributed by atoms with Crippen LogP contribution >= 0.6 is 0 Å². The van der Waals surface area contributed by atoms with E-state index in [2.05, 4.69) is 22.7 Å². The van der Waals surface area contributed by atoms with Gasteiger partial charge in [0.05, 0.1) is 18.0 Å². The number of amides is 1. The topological polar surface area (TPSA) is 98.3 Å². The lowest BCUT2D eigenvalue weighted by Gasteiger charge is -2.24. The molecule has 1 heterocycles. The van der Waals surface area contributed by atoms with Crippen molar-refractivity contribution in [1.29, 1.82) is 0 Å². The third kappa shape index (κ3) is 5.62. The molecule has 8 heteroatoms. The SMILES string of the molecule is O=C(COc1ccccc1[N+](=O)[O-])NN=C1CC[NH+](Cc2ccccc2)CC1. The first-order valence-corrected chi connectivity index (χ1v) is 9.20. The number of rotatable bonds is 7. The van der Waals surface area contributed by atoms with Crippen LogP contribution < -0.4 is 15.1 Å². The number of hydrogen-bond acceptors (Lipinski definition) is 5. The first-order valence-electron chi connectivity index (χ1n) is 9.20. The zero-order chi connectivity index (χ0) is 19.8. The number of nitro benzene ring substituents is 1. The van der Waals surface area contributed by atoms with E-state index in [0.717, 1.165) is 38.2 Å². The zero-order valence-electron chi connectivity index (χ0n) is 15.5. The van der Waals surface area contributed by atoms with Crippen molar-refractivity contribution in [3.63, 3.8) is 0 Å². The van der Waals surface area contributed by atoms with Gasteiger partial charge in [-0.2, -0.15) is 5.10 Å². The minimum Gasteiger partial charge on any atom is -0.477 e. The second kappa shape index (κ2) is 9.61. The molecule has 1 fully saturated rings. The van der Waals surface area contributed by atoms with Gasteiger partial charge in [0.15, 0.2) is 12.4 Å². The van der Waals surface area contributed by atoms with E-state index in [4.69, 9.17) is 4.74 Å². The Morgan fingerprint density at radius 3 is 2.50 bits per heavy atom. The van der Waals surface area contributed by atoms with Crippen molar-refractivity contribution in [3.8, 4) is 5.75 Å². The fraction of sp³-hybridized carbons (Fsp3) is 0.300. The summed E-state index contributed by atoms with van der Waals surface area (Å²) in [4.78, 5) is 23.8. The van der Waals surface area contributed by atoms with Crippen LogP contribution in [0.15, 0.2) is 59.7 Å². The molecule has 0 unspecified atom stereocenters. The summed E-state index contributed by atoms with van der Waals surface area (Å²) in [6, 6.07) is 16.3. The van der Waals surface area contributed by atoms with Gasteiger partial charge in [-0.05, 0) is 6.07 Å². The summed E-state index contributed by atoms with van der Waals surface area (Å²) in [6.45, 7) is 2.60. The van der Waals surface area contributed by atoms with Crippen molar-refractivity contribution < 1.29 is 19.4 Å². The Kier molecular flexibility index (Phi) is 6.69. The molecule has 0 aromatic heterocycles. The maximum absolute atomic E-state index is 11.9. The maximum Gasteiger partial charge on any atom is 0.310 e. The number of carbonyl (C=O) groups is 1. The van der Waals surface area contributed by atoms with Gasteiger partial charge in [-0.3, -0.25) is 14.9 Å². The number of hydrogen-bond donors (Lipinski definition) is 2. The molecule has 0 radical (unpaired) electrons. The Morgan fingerprint density at radius 2 is 1.79 bits per heavy atom. The van der Waals surface area contributed by atoms with E-state index in [9.17, 15) is 14.9 Å². The molecule has 0 aliphatic carbocycles. The normalized spacial score (nSPS) is 16.3. The second-order valence-corrected chi connectivity index (χ2v) is 6.64. The molecular formula is C20H23N4O4+. The van der Waals surface area contributed by atoms with Crippen LogP contribution in [0.3, 0.4) is 0 Å². The Hall–Kier alpha value is -3.26. The number of carbonyl (C=O) groups excluding carboxylic acids is 1. The molecule has 1 aliphatic heterocycles. The first-order chi connectivity index (χ1) is 13.6. The average molecular weight is 383 g/mol. The summed E-state index contributed by atoms with van der Waals surface area (Å²) < 4.78 is 5.26. The predicted molar refractivity (Wildman–Crippen MR) is 104 cm³/mol. The van der Waals surface area contributed by atoms with Crippen LogP contribution in [0.4, 0.5) is 5.69 Å². The highest BCUT2D eigenvalue weighted by Crippen LogP contribution is 2.25.